The van der Waals surface area contributed by atoms with Gasteiger partial charge >= 0.3 is 5.97 Å². The van der Waals surface area contributed by atoms with Crippen LogP contribution in [0.25, 0.3) is 0 Å². The number of anilines is 1. The van der Waals surface area contributed by atoms with E-state index >= 15 is 0 Å². The summed E-state index contributed by atoms with van der Waals surface area (Å²) in [6.07, 6.45) is 2.45. The van der Waals surface area contributed by atoms with Gasteiger partial charge in [-0.1, -0.05) is 6.07 Å². The molecule has 0 amide bonds. The quantitative estimate of drug-likeness (QED) is 0.280. The standard InChI is InChI=1S/C24H32N4O3.ClH/c1-3-30-21-14-17(16-28-11-5-6-12-28)13-19(15-21)22(24(29)31-4-2)27-20-9-7-18(8-10-20)23(25)26;/h7-10,13-15,22,27H,3-6,11-12,16H2,1-2H3,(H3,25,26);1H. The third kappa shape index (κ3) is 6.87. The molecule has 174 valence electrons. The second-order valence-electron chi connectivity index (χ2n) is 7.65. The van der Waals surface area contributed by atoms with Gasteiger partial charge in [0.25, 0.3) is 0 Å². The van der Waals surface area contributed by atoms with E-state index in [1.165, 1.54) is 12.8 Å². The first-order valence-corrected chi connectivity index (χ1v) is 10.9. The monoisotopic (exact) mass is 460 g/mol. The van der Waals surface area contributed by atoms with Crippen molar-refractivity contribution >= 4 is 29.9 Å². The smallest absolute Gasteiger partial charge is 0.333 e. The minimum absolute atomic E-state index is 0. The van der Waals surface area contributed by atoms with Crippen LogP contribution in [-0.4, -0.2) is 43.0 Å². The van der Waals surface area contributed by atoms with Crippen LogP contribution in [0.1, 0.15) is 49.4 Å². The number of likely N-dealkylation sites (tertiary alicyclic amines) is 1. The fraction of sp³-hybridized carbons (Fsp3) is 0.417. The van der Waals surface area contributed by atoms with Crippen molar-refractivity contribution in [2.24, 2.45) is 5.73 Å². The average Bonchev–Trinajstić information content (AvgIpc) is 3.25. The van der Waals surface area contributed by atoms with Gasteiger partial charge in [-0.2, -0.15) is 0 Å². The molecular weight excluding hydrogens is 428 g/mol. The first-order valence-electron chi connectivity index (χ1n) is 10.9. The molecule has 1 atom stereocenters. The van der Waals surface area contributed by atoms with Crippen LogP contribution in [-0.2, 0) is 16.1 Å². The predicted octanol–water partition coefficient (Wildman–Crippen LogP) is 4.10. The summed E-state index contributed by atoms with van der Waals surface area (Å²) in [5.41, 5.74) is 8.83. The van der Waals surface area contributed by atoms with E-state index in [2.05, 4.69) is 22.3 Å². The van der Waals surface area contributed by atoms with Crippen molar-refractivity contribution in [3.8, 4) is 5.75 Å². The highest BCUT2D eigenvalue weighted by Crippen LogP contribution is 2.28. The van der Waals surface area contributed by atoms with Gasteiger partial charge in [0.15, 0.2) is 6.04 Å². The number of nitrogens with one attached hydrogen (secondary N) is 2. The third-order valence-electron chi connectivity index (χ3n) is 5.27. The average molecular weight is 461 g/mol. The number of nitrogens with two attached hydrogens (primary N) is 1. The van der Waals surface area contributed by atoms with E-state index in [1.807, 2.05) is 13.0 Å². The van der Waals surface area contributed by atoms with Crippen LogP contribution in [0.3, 0.4) is 0 Å². The molecule has 0 bridgehead atoms. The van der Waals surface area contributed by atoms with Gasteiger partial charge in [0.1, 0.15) is 11.6 Å². The zero-order chi connectivity index (χ0) is 22.2. The summed E-state index contributed by atoms with van der Waals surface area (Å²) in [6, 6.07) is 12.4. The lowest BCUT2D eigenvalue weighted by atomic mass is 10.0. The number of amidine groups is 1. The fourth-order valence-electron chi connectivity index (χ4n) is 3.81. The Morgan fingerprint density at radius 3 is 2.41 bits per heavy atom. The van der Waals surface area contributed by atoms with Crippen LogP contribution in [0, 0.1) is 5.41 Å². The maximum atomic E-state index is 12.9. The lowest BCUT2D eigenvalue weighted by molar-refractivity contribution is -0.144. The predicted molar refractivity (Wildman–Crippen MR) is 130 cm³/mol. The van der Waals surface area contributed by atoms with Gasteiger partial charge < -0.3 is 20.5 Å². The van der Waals surface area contributed by atoms with Crippen molar-refractivity contribution < 1.29 is 14.3 Å². The number of carbonyl (C=O) groups is 1. The number of benzene rings is 2. The highest BCUT2D eigenvalue weighted by molar-refractivity contribution is 5.95. The number of esters is 1. The molecule has 32 heavy (non-hydrogen) atoms. The van der Waals surface area contributed by atoms with Crippen LogP contribution >= 0.6 is 12.4 Å². The van der Waals surface area contributed by atoms with Gasteiger partial charge in [0, 0.05) is 17.8 Å². The molecule has 1 aliphatic heterocycles. The Hall–Kier alpha value is -2.77. The molecule has 1 unspecified atom stereocenters. The Morgan fingerprint density at radius 2 is 1.81 bits per heavy atom. The summed E-state index contributed by atoms with van der Waals surface area (Å²) < 4.78 is 11.2. The zero-order valence-corrected chi connectivity index (χ0v) is 19.5. The summed E-state index contributed by atoms with van der Waals surface area (Å²) in [5.74, 6) is 0.403. The summed E-state index contributed by atoms with van der Waals surface area (Å²) >= 11 is 0. The molecule has 1 aliphatic rings. The van der Waals surface area contributed by atoms with Gasteiger partial charge in [0.05, 0.1) is 13.2 Å². The summed E-state index contributed by atoms with van der Waals surface area (Å²) in [6.45, 7) is 7.61. The SMILES string of the molecule is CCOC(=O)C(Nc1ccc(C(=N)N)cc1)c1cc(CN2CCCC2)cc(OCC)c1.Cl. The Balaban J connectivity index is 0.00000363. The molecule has 0 radical (unpaired) electrons. The molecule has 1 fully saturated rings. The van der Waals surface area contributed by atoms with E-state index < -0.39 is 6.04 Å². The summed E-state index contributed by atoms with van der Waals surface area (Å²) in [4.78, 5) is 15.3. The third-order valence-corrected chi connectivity index (χ3v) is 5.27. The van der Waals surface area contributed by atoms with Crippen molar-refractivity contribution in [1.82, 2.24) is 4.90 Å². The van der Waals surface area contributed by atoms with E-state index in [1.54, 1.807) is 31.2 Å². The maximum absolute atomic E-state index is 12.9. The topological polar surface area (TPSA) is 101 Å². The molecule has 0 aliphatic carbocycles. The van der Waals surface area contributed by atoms with E-state index in [4.69, 9.17) is 20.6 Å². The van der Waals surface area contributed by atoms with Crippen molar-refractivity contribution in [2.75, 3.05) is 31.6 Å². The van der Waals surface area contributed by atoms with Gasteiger partial charge in [0.2, 0.25) is 0 Å². The second kappa shape index (κ2) is 12.3. The molecule has 2 aromatic rings. The molecule has 8 heteroatoms. The van der Waals surface area contributed by atoms with Crippen LogP contribution in [0.5, 0.6) is 5.75 Å². The largest absolute Gasteiger partial charge is 0.494 e. The van der Waals surface area contributed by atoms with Gasteiger partial charge in [-0.15, -0.1) is 12.4 Å². The van der Waals surface area contributed by atoms with Gasteiger partial charge in [-0.25, -0.2) is 4.79 Å². The van der Waals surface area contributed by atoms with Crippen molar-refractivity contribution in [3.63, 3.8) is 0 Å². The zero-order valence-electron chi connectivity index (χ0n) is 18.7. The number of hydrogen-bond acceptors (Lipinski definition) is 6. The normalized spacial score (nSPS) is 14.3. The van der Waals surface area contributed by atoms with Crippen LogP contribution in [0.2, 0.25) is 0 Å². The number of halogens is 1. The Labute approximate surface area is 196 Å². The molecule has 0 saturated carbocycles. The summed E-state index contributed by atoms with van der Waals surface area (Å²) in [5, 5.41) is 10.8. The van der Waals surface area contributed by atoms with Crippen LogP contribution in [0.4, 0.5) is 5.69 Å². The Kier molecular flexibility index (Phi) is 9.81. The Bertz CT molecular complexity index is 899. The highest BCUT2D eigenvalue weighted by atomic mass is 35.5. The molecule has 2 aromatic carbocycles. The lowest BCUT2D eigenvalue weighted by Crippen LogP contribution is -2.24. The second-order valence-corrected chi connectivity index (χ2v) is 7.65. The minimum atomic E-state index is -0.680. The highest BCUT2D eigenvalue weighted by Gasteiger charge is 2.24. The molecule has 0 spiro atoms. The molecule has 1 heterocycles. The maximum Gasteiger partial charge on any atom is 0.333 e. The van der Waals surface area contributed by atoms with E-state index in [9.17, 15) is 4.79 Å². The van der Waals surface area contributed by atoms with Crippen LogP contribution in [0.15, 0.2) is 42.5 Å². The van der Waals surface area contributed by atoms with Crippen LogP contribution < -0.4 is 15.8 Å². The van der Waals surface area contributed by atoms with Crippen molar-refractivity contribution in [1.29, 1.82) is 5.41 Å². The molecule has 4 N–H and O–H groups in total. The lowest BCUT2D eigenvalue weighted by Gasteiger charge is -2.22. The fourth-order valence-corrected chi connectivity index (χ4v) is 3.81. The Morgan fingerprint density at radius 1 is 1.12 bits per heavy atom. The molecule has 7 nitrogen and oxygen atoms in total. The van der Waals surface area contributed by atoms with Gasteiger partial charge in [-0.3, -0.25) is 10.3 Å². The number of nitrogens with zero attached hydrogens (tertiary/aromatic N) is 1. The van der Waals surface area contributed by atoms with E-state index in [0.29, 0.717) is 18.8 Å². The number of nitrogen functional groups attached to an aromatic ring is 1. The minimum Gasteiger partial charge on any atom is -0.494 e. The van der Waals surface area contributed by atoms with E-state index in [0.717, 1.165) is 42.2 Å². The number of rotatable bonds is 10. The van der Waals surface area contributed by atoms with Crippen molar-refractivity contribution in [2.45, 2.75) is 39.3 Å². The van der Waals surface area contributed by atoms with E-state index in [-0.39, 0.29) is 24.2 Å². The number of hydrogen-bond donors (Lipinski definition) is 3. The molecule has 1 saturated heterocycles. The number of carbonyl (C=O) groups excluding carboxylic acids is 1. The van der Waals surface area contributed by atoms with Crippen molar-refractivity contribution in [3.05, 3.63) is 59.2 Å². The number of ether oxygens (including phenoxy) is 2. The molecule has 0 aromatic heterocycles. The first kappa shape index (κ1) is 25.5. The first-order chi connectivity index (χ1) is 15.0. The molecule has 3 rings (SSSR count). The summed E-state index contributed by atoms with van der Waals surface area (Å²) in [7, 11) is 0. The van der Waals surface area contributed by atoms with Gasteiger partial charge in [-0.05, 0) is 87.3 Å². The molecular formula is C24H33ClN4O3.